The maximum Gasteiger partial charge on any atom is 0.177 e. The minimum absolute atomic E-state index is 0.0996. The van der Waals surface area contributed by atoms with Crippen molar-refractivity contribution in [2.75, 3.05) is 19.5 Å². The maximum absolute atomic E-state index is 12.8. The molecule has 2 rings (SSSR count). The van der Waals surface area contributed by atoms with E-state index in [1.165, 1.54) is 12.1 Å². The first-order valence-corrected chi connectivity index (χ1v) is 6.95. The van der Waals surface area contributed by atoms with E-state index in [1.54, 1.807) is 31.0 Å². The van der Waals surface area contributed by atoms with Crippen molar-refractivity contribution in [2.45, 2.75) is 13.0 Å². The van der Waals surface area contributed by atoms with E-state index in [-0.39, 0.29) is 11.9 Å². The fourth-order valence-electron chi connectivity index (χ4n) is 1.65. The molecule has 1 N–H and O–H groups in total. The molecule has 0 spiro atoms. The molecule has 1 aliphatic heterocycles. The fraction of sp³-hybridized carbons (Fsp3) is 0.385. The Kier molecular flexibility index (Phi) is 4.93. The van der Waals surface area contributed by atoms with Crippen LogP contribution in [-0.2, 0) is 4.74 Å². The van der Waals surface area contributed by atoms with E-state index in [0.29, 0.717) is 6.61 Å². The van der Waals surface area contributed by atoms with Gasteiger partial charge in [0.05, 0.1) is 18.4 Å². The van der Waals surface area contributed by atoms with Crippen LogP contribution in [0.15, 0.2) is 34.4 Å². The van der Waals surface area contributed by atoms with E-state index >= 15 is 0 Å². The summed E-state index contributed by atoms with van der Waals surface area (Å²) in [6, 6.07) is 6.43. The van der Waals surface area contributed by atoms with Crippen LogP contribution < -0.4 is 5.43 Å². The molecule has 6 heteroatoms. The van der Waals surface area contributed by atoms with E-state index in [9.17, 15) is 4.39 Å². The summed E-state index contributed by atoms with van der Waals surface area (Å²) in [7, 11) is 1.66. The Morgan fingerprint density at radius 1 is 1.47 bits per heavy atom. The number of nitrogens with one attached hydrogen (secondary N) is 1. The summed E-state index contributed by atoms with van der Waals surface area (Å²) in [5.74, 6) is 0.480. The average Bonchev–Trinajstić information content (AvgIpc) is 2.41. The van der Waals surface area contributed by atoms with E-state index in [4.69, 9.17) is 4.74 Å². The van der Waals surface area contributed by atoms with Gasteiger partial charge < -0.3 is 4.74 Å². The lowest BCUT2D eigenvalue weighted by molar-refractivity contribution is 0.186. The van der Waals surface area contributed by atoms with Crippen LogP contribution in [0.1, 0.15) is 12.5 Å². The third kappa shape index (κ3) is 4.04. The van der Waals surface area contributed by atoms with E-state index < -0.39 is 0 Å². The number of halogens is 1. The Bertz CT molecular complexity index is 487. The molecule has 0 saturated carbocycles. The first kappa shape index (κ1) is 14.0. The van der Waals surface area contributed by atoms with Gasteiger partial charge in [-0.2, -0.15) is 5.10 Å². The zero-order valence-corrected chi connectivity index (χ0v) is 11.7. The lowest BCUT2D eigenvalue weighted by Crippen LogP contribution is -2.27. The zero-order chi connectivity index (χ0) is 13.7. The highest BCUT2D eigenvalue weighted by molar-refractivity contribution is 8.14. The highest BCUT2D eigenvalue weighted by Crippen LogP contribution is 2.14. The summed E-state index contributed by atoms with van der Waals surface area (Å²) in [4.78, 5) is 4.44. The van der Waals surface area contributed by atoms with Crippen LogP contribution in [0, 0.1) is 5.82 Å². The van der Waals surface area contributed by atoms with E-state index in [2.05, 4.69) is 15.5 Å². The molecule has 4 nitrogen and oxygen atoms in total. The topological polar surface area (TPSA) is 46.0 Å². The molecule has 0 fully saturated rings. The second kappa shape index (κ2) is 6.68. The predicted molar refractivity (Wildman–Crippen MR) is 77.3 cm³/mol. The van der Waals surface area contributed by atoms with Gasteiger partial charge in [0.2, 0.25) is 0 Å². The van der Waals surface area contributed by atoms with Gasteiger partial charge in [-0.05, 0) is 24.6 Å². The molecule has 1 aliphatic rings. The lowest BCUT2D eigenvalue weighted by Gasteiger charge is -2.16. The number of methoxy groups -OCH3 is 1. The van der Waals surface area contributed by atoms with E-state index in [1.807, 2.05) is 6.92 Å². The SMILES string of the molecule is COC[C@H](C)N=C1NN=C(c2ccc(F)cc2)CS1. The molecular weight excluding hydrogens is 265 g/mol. The average molecular weight is 281 g/mol. The van der Waals surface area contributed by atoms with Crippen LogP contribution >= 0.6 is 11.8 Å². The smallest absolute Gasteiger partial charge is 0.177 e. The maximum atomic E-state index is 12.8. The van der Waals surface area contributed by atoms with Crippen molar-refractivity contribution in [1.82, 2.24) is 5.43 Å². The molecule has 0 aliphatic carbocycles. The third-order valence-electron chi connectivity index (χ3n) is 2.56. The number of hydrazone groups is 1. The molecule has 0 aromatic heterocycles. The van der Waals surface area contributed by atoms with Gasteiger partial charge in [-0.15, -0.1) is 0 Å². The first-order valence-electron chi connectivity index (χ1n) is 5.97. The van der Waals surface area contributed by atoms with Gasteiger partial charge in [0, 0.05) is 12.9 Å². The number of thioether (sulfide) groups is 1. The molecular formula is C13H16FN3OS. The number of benzene rings is 1. The van der Waals surface area contributed by atoms with Crippen LogP contribution in [0.2, 0.25) is 0 Å². The number of hydrogen-bond donors (Lipinski definition) is 1. The zero-order valence-electron chi connectivity index (χ0n) is 10.9. The molecule has 1 aromatic rings. The van der Waals surface area contributed by atoms with Crippen molar-refractivity contribution in [3.63, 3.8) is 0 Å². The van der Waals surface area contributed by atoms with Gasteiger partial charge in [0.15, 0.2) is 5.17 Å². The largest absolute Gasteiger partial charge is 0.382 e. The number of nitrogens with zero attached hydrogens (tertiary/aromatic N) is 2. The van der Waals surface area contributed by atoms with Crippen molar-refractivity contribution in [2.24, 2.45) is 10.1 Å². The number of aliphatic imine (C=N–C) groups is 1. The van der Waals surface area contributed by atoms with Crippen molar-refractivity contribution in [3.05, 3.63) is 35.6 Å². The second-order valence-electron chi connectivity index (χ2n) is 4.20. The Morgan fingerprint density at radius 3 is 2.79 bits per heavy atom. The molecule has 0 saturated heterocycles. The standard InChI is InChI=1S/C13H16FN3OS/c1-9(7-18-2)15-13-17-16-12(8-19-13)10-3-5-11(14)6-4-10/h3-6,9H,7-8H2,1-2H3,(H,15,17)/t9-/m0/s1. The van der Waals surface area contributed by atoms with Crippen LogP contribution in [0.5, 0.6) is 0 Å². The molecule has 0 amide bonds. The molecule has 19 heavy (non-hydrogen) atoms. The van der Waals surface area contributed by atoms with Gasteiger partial charge in [0.1, 0.15) is 5.82 Å². The van der Waals surface area contributed by atoms with Crippen LogP contribution in [0.4, 0.5) is 4.39 Å². The predicted octanol–water partition coefficient (Wildman–Crippen LogP) is 2.26. The summed E-state index contributed by atoms with van der Waals surface area (Å²) in [5.41, 5.74) is 4.74. The molecule has 1 atom stereocenters. The van der Waals surface area contributed by atoms with Gasteiger partial charge in [-0.1, -0.05) is 23.9 Å². The first-order chi connectivity index (χ1) is 9.19. The van der Waals surface area contributed by atoms with Crippen molar-refractivity contribution >= 4 is 22.6 Å². The van der Waals surface area contributed by atoms with Gasteiger partial charge >= 0.3 is 0 Å². The highest BCUT2D eigenvalue weighted by atomic mass is 32.2. The molecule has 1 heterocycles. The van der Waals surface area contributed by atoms with Crippen LogP contribution in [0.3, 0.4) is 0 Å². The third-order valence-corrected chi connectivity index (χ3v) is 3.44. The summed E-state index contributed by atoms with van der Waals surface area (Å²) < 4.78 is 17.9. The van der Waals surface area contributed by atoms with Crippen LogP contribution in [-0.4, -0.2) is 36.4 Å². The summed E-state index contributed by atoms with van der Waals surface area (Å²) >= 11 is 1.58. The molecule has 1 aromatic carbocycles. The number of rotatable bonds is 4. The van der Waals surface area contributed by atoms with Gasteiger partial charge in [-0.25, -0.2) is 4.39 Å². The van der Waals surface area contributed by atoms with E-state index in [0.717, 1.165) is 22.2 Å². The minimum atomic E-state index is -0.239. The molecule has 102 valence electrons. The molecule has 0 bridgehead atoms. The van der Waals surface area contributed by atoms with Crippen molar-refractivity contribution < 1.29 is 9.13 Å². The summed E-state index contributed by atoms with van der Waals surface area (Å²) in [6.45, 7) is 2.57. The minimum Gasteiger partial charge on any atom is -0.382 e. The number of hydrogen-bond acceptors (Lipinski definition) is 4. The number of amidine groups is 1. The van der Waals surface area contributed by atoms with Gasteiger partial charge in [0.25, 0.3) is 0 Å². The van der Waals surface area contributed by atoms with Crippen LogP contribution in [0.25, 0.3) is 0 Å². The van der Waals surface area contributed by atoms with Crippen molar-refractivity contribution in [3.8, 4) is 0 Å². The number of ether oxygens (including phenoxy) is 1. The summed E-state index contributed by atoms with van der Waals surface area (Å²) in [6.07, 6.45) is 0. The fourth-order valence-corrected chi connectivity index (χ4v) is 2.52. The molecule has 0 radical (unpaired) electrons. The van der Waals surface area contributed by atoms with Crippen molar-refractivity contribution in [1.29, 1.82) is 0 Å². The Balaban J connectivity index is 2.01. The highest BCUT2D eigenvalue weighted by Gasteiger charge is 2.13. The molecule has 0 unspecified atom stereocenters. The normalized spacial score (nSPS) is 18.9. The Morgan fingerprint density at radius 2 is 2.21 bits per heavy atom. The monoisotopic (exact) mass is 281 g/mol. The summed E-state index contributed by atoms with van der Waals surface area (Å²) in [5, 5.41) is 5.06. The van der Waals surface area contributed by atoms with Gasteiger partial charge in [-0.3, -0.25) is 10.4 Å². The Hall–Kier alpha value is -1.40. The Labute approximate surface area is 116 Å². The lowest BCUT2D eigenvalue weighted by atomic mass is 10.1. The second-order valence-corrected chi connectivity index (χ2v) is 5.17. The quantitative estimate of drug-likeness (QED) is 0.921.